The third-order valence-corrected chi connectivity index (χ3v) is 2.13. The molecule has 0 aromatic carbocycles. The number of rotatable bonds is 4. The summed E-state index contributed by atoms with van der Waals surface area (Å²) in [6.07, 6.45) is 2.47. The smallest absolute Gasteiger partial charge is 0.339 e. The fourth-order valence-corrected chi connectivity index (χ4v) is 1.28. The van der Waals surface area contributed by atoms with Gasteiger partial charge in [-0.15, -0.1) is 0 Å². The maximum Gasteiger partial charge on any atom is 0.339 e. The number of carbonyl (C=O) groups is 1. The Morgan fingerprint density at radius 2 is 2.37 bits per heavy atom. The number of esters is 1. The summed E-state index contributed by atoms with van der Waals surface area (Å²) in [5.41, 5.74) is -0.0444. The highest BCUT2D eigenvalue weighted by atomic mass is 16.6. The van der Waals surface area contributed by atoms with Crippen molar-refractivity contribution in [2.45, 2.75) is 13.8 Å². The molecule has 7 nitrogen and oxygen atoms in total. The third kappa shape index (κ3) is 3.61. The SMILES string of the molecule is CCOC(=O)c1cnc(/C=C(/C)C#N)c([N+](=O)[O-])c1. The van der Waals surface area contributed by atoms with E-state index >= 15 is 0 Å². The van der Waals surface area contributed by atoms with E-state index in [4.69, 9.17) is 10.00 Å². The fraction of sp³-hybridized carbons (Fsp3) is 0.250. The summed E-state index contributed by atoms with van der Waals surface area (Å²) in [6.45, 7) is 3.31. The molecule has 19 heavy (non-hydrogen) atoms. The van der Waals surface area contributed by atoms with Crippen molar-refractivity contribution < 1.29 is 14.5 Å². The van der Waals surface area contributed by atoms with E-state index < -0.39 is 10.9 Å². The van der Waals surface area contributed by atoms with Gasteiger partial charge in [-0.05, 0) is 19.9 Å². The summed E-state index contributed by atoms with van der Waals surface area (Å²) >= 11 is 0. The largest absolute Gasteiger partial charge is 0.462 e. The van der Waals surface area contributed by atoms with Gasteiger partial charge < -0.3 is 4.74 Å². The molecule has 0 saturated heterocycles. The van der Waals surface area contributed by atoms with Crippen LogP contribution in [0.1, 0.15) is 29.9 Å². The summed E-state index contributed by atoms with van der Waals surface area (Å²) in [5, 5.41) is 19.6. The van der Waals surface area contributed by atoms with Crippen molar-refractivity contribution in [3.8, 4) is 6.07 Å². The lowest BCUT2D eigenvalue weighted by Gasteiger charge is -2.02. The van der Waals surface area contributed by atoms with Crippen LogP contribution in [0.15, 0.2) is 17.8 Å². The zero-order valence-electron chi connectivity index (χ0n) is 10.4. The van der Waals surface area contributed by atoms with Gasteiger partial charge >= 0.3 is 5.97 Å². The van der Waals surface area contributed by atoms with Gasteiger partial charge in [0.25, 0.3) is 5.69 Å². The van der Waals surface area contributed by atoms with E-state index in [-0.39, 0.29) is 29.1 Å². The Balaban J connectivity index is 3.27. The van der Waals surface area contributed by atoms with Crippen LogP contribution in [0.5, 0.6) is 0 Å². The van der Waals surface area contributed by atoms with Crippen molar-refractivity contribution >= 4 is 17.7 Å². The normalized spacial score (nSPS) is 10.7. The van der Waals surface area contributed by atoms with Gasteiger partial charge in [-0.1, -0.05) is 0 Å². The Labute approximate surface area is 109 Å². The van der Waals surface area contributed by atoms with E-state index in [9.17, 15) is 14.9 Å². The lowest BCUT2D eigenvalue weighted by atomic mass is 10.2. The van der Waals surface area contributed by atoms with Gasteiger partial charge in [0.05, 0.1) is 23.2 Å². The van der Waals surface area contributed by atoms with Crippen LogP contribution < -0.4 is 0 Å². The molecule has 1 aromatic rings. The predicted octanol–water partition coefficient (Wildman–Crippen LogP) is 2.09. The number of nitriles is 1. The van der Waals surface area contributed by atoms with Crippen LogP contribution in [0, 0.1) is 21.4 Å². The molecule has 0 saturated carbocycles. The zero-order chi connectivity index (χ0) is 14.4. The Bertz CT molecular complexity index is 587. The molecule has 0 unspecified atom stereocenters. The van der Waals surface area contributed by atoms with Crippen LogP contribution in [-0.4, -0.2) is 22.5 Å². The lowest BCUT2D eigenvalue weighted by molar-refractivity contribution is -0.385. The topological polar surface area (TPSA) is 106 Å². The first-order chi connectivity index (χ1) is 8.99. The highest BCUT2D eigenvalue weighted by molar-refractivity contribution is 5.90. The van der Waals surface area contributed by atoms with Crippen molar-refractivity contribution in [1.29, 1.82) is 5.26 Å². The number of nitrogens with zero attached hydrogens (tertiary/aromatic N) is 3. The number of hydrogen-bond acceptors (Lipinski definition) is 6. The van der Waals surface area contributed by atoms with Crippen LogP contribution in [-0.2, 0) is 4.74 Å². The summed E-state index contributed by atoms with van der Waals surface area (Å²) in [7, 11) is 0. The molecular formula is C12H11N3O4. The van der Waals surface area contributed by atoms with Gasteiger partial charge in [0.15, 0.2) is 0 Å². The van der Waals surface area contributed by atoms with Gasteiger partial charge in [-0.2, -0.15) is 5.26 Å². The van der Waals surface area contributed by atoms with Crippen LogP contribution in [0.2, 0.25) is 0 Å². The Hall–Kier alpha value is -2.75. The quantitative estimate of drug-likeness (QED) is 0.355. The number of pyridine rings is 1. The van der Waals surface area contributed by atoms with E-state index in [0.717, 1.165) is 6.07 Å². The first-order valence-corrected chi connectivity index (χ1v) is 5.39. The number of ether oxygens (including phenoxy) is 1. The molecule has 0 amide bonds. The predicted molar refractivity (Wildman–Crippen MR) is 66.1 cm³/mol. The lowest BCUT2D eigenvalue weighted by Crippen LogP contribution is -2.07. The highest BCUT2D eigenvalue weighted by Crippen LogP contribution is 2.20. The molecule has 0 fully saturated rings. The van der Waals surface area contributed by atoms with Crippen molar-refractivity contribution in [2.75, 3.05) is 6.61 Å². The fourth-order valence-electron chi connectivity index (χ4n) is 1.28. The molecule has 0 spiro atoms. The number of carbonyl (C=O) groups excluding carboxylic acids is 1. The summed E-state index contributed by atoms with van der Waals surface area (Å²) in [4.78, 5) is 25.5. The van der Waals surface area contributed by atoms with E-state index in [1.165, 1.54) is 19.2 Å². The minimum absolute atomic E-state index is 0.000288. The number of allylic oxidation sites excluding steroid dienone is 1. The van der Waals surface area contributed by atoms with Crippen molar-refractivity contribution in [2.24, 2.45) is 0 Å². The number of aromatic nitrogens is 1. The van der Waals surface area contributed by atoms with Crippen molar-refractivity contribution in [3.63, 3.8) is 0 Å². The minimum Gasteiger partial charge on any atom is -0.462 e. The monoisotopic (exact) mass is 261 g/mol. The third-order valence-electron chi connectivity index (χ3n) is 2.13. The average Bonchev–Trinajstić information content (AvgIpc) is 2.38. The second kappa shape index (κ2) is 6.26. The summed E-state index contributed by atoms with van der Waals surface area (Å²) in [5.74, 6) is -0.675. The van der Waals surface area contributed by atoms with Crippen LogP contribution in [0.25, 0.3) is 6.08 Å². The van der Waals surface area contributed by atoms with E-state index in [0.29, 0.717) is 0 Å². The molecule has 1 rings (SSSR count). The van der Waals surface area contributed by atoms with Gasteiger partial charge in [-0.25, -0.2) is 9.78 Å². The molecule has 0 radical (unpaired) electrons. The molecule has 0 aliphatic heterocycles. The first kappa shape index (κ1) is 14.3. The van der Waals surface area contributed by atoms with Crippen molar-refractivity contribution in [1.82, 2.24) is 4.98 Å². The minimum atomic E-state index is -0.675. The van der Waals surface area contributed by atoms with Crippen LogP contribution in [0.3, 0.4) is 0 Å². The molecule has 1 heterocycles. The van der Waals surface area contributed by atoms with Gasteiger partial charge in [0.2, 0.25) is 0 Å². The highest BCUT2D eigenvalue weighted by Gasteiger charge is 2.18. The molecule has 0 bridgehead atoms. The maximum atomic E-state index is 11.5. The maximum absolute atomic E-state index is 11.5. The van der Waals surface area contributed by atoms with E-state index in [1.54, 1.807) is 6.92 Å². The first-order valence-electron chi connectivity index (χ1n) is 5.39. The van der Waals surface area contributed by atoms with E-state index in [1.807, 2.05) is 6.07 Å². The Morgan fingerprint density at radius 3 is 2.89 bits per heavy atom. The van der Waals surface area contributed by atoms with E-state index in [2.05, 4.69) is 4.98 Å². The molecule has 0 aliphatic carbocycles. The molecule has 0 aliphatic rings. The molecule has 1 aromatic heterocycles. The van der Waals surface area contributed by atoms with Crippen LogP contribution in [0.4, 0.5) is 5.69 Å². The Kier molecular flexibility index (Phi) is 4.71. The molecule has 0 atom stereocenters. The van der Waals surface area contributed by atoms with Crippen LogP contribution >= 0.6 is 0 Å². The Morgan fingerprint density at radius 1 is 1.68 bits per heavy atom. The molecular weight excluding hydrogens is 250 g/mol. The molecule has 98 valence electrons. The van der Waals surface area contributed by atoms with Crippen molar-refractivity contribution in [3.05, 3.63) is 39.2 Å². The standard InChI is InChI=1S/C12H11N3O4/c1-3-19-12(16)9-5-11(15(17)18)10(14-7-9)4-8(2)6-13/h4-5,7H,3H2,1-2H3/b8-4-. The average molecular weight is 261 g/mol. The second-order valence-corrected chi connectivity index (χ2v) is 3.55. The summed E-state index contributed by atoms with van der Waals surface area (Å²) < 4.78 is 4.74. The number of nitro groups is 1. The molecule has 0 N–H and O–H groups in total. The van der Waals surface area contributed by atoms with Gasteiger partial charge in [0, 0.05) is 17.8 Å². The number of hydrogen-bond donors (Lipinski definition) is 0. The second-order valence-electron chi connectivity index (χ2n) is 3.55. The molecule has 7 heteroatoms. The zero-order valence-corrected chi connectivity index (χ0v) is 10.4. The van der Waals surface area contributed by atoms with Gasteiger partial charge in [0.1, 0.15) is 5.69 Å². The summed E-state index contributed by atoms with van der Waals surface area (Å²) in [6, 6.07) is 2.93. The van der Waals surface area contributed by atoms with Gasteiger partial charge in [-0.3, -0.25) is 10.1 Å².